The summed E-state index contributed by atoms with van der Waals surface area (Å²) in [6.07, 6.45) is 0.264. The number of aryl methyl sites for hydroxylation is 2. The minimum atomic E-state index is -0.436. The summed E-state index contributed by atoms with van der Waals surface area (Å²) in [6.45, 7) is 5.90. The molecule has 4 heteroatoms. The minimum absolute atomic E-state index is 0.436. The van der Waals surface area contributed by atoms with Crippen LogP contribution in [0.2, 0.25) is 0 Å². The molecule has 1 aromatic carbocycles. The number of hydrogen-bond donors (Lipinski definition) is 1. The van der Waals surface area contributed by atoms with Crippen molar-refractivity contribution in [2.24, 2.45) is 0 Å². The van der Waals surface area contributed by atoms with Crippen LogP contribution < -0.4 is 0 Å². The predicted octanol–water partition coefficient (Wildman–Crippen LogP) is 3.69. The molecule has 100 valence electrons. The lowest BCUT2D eigenvalue weighted by Gasteiger charge is -2.13. The summed E-state index contributed by atoms with van der Waals surface area (Å²) in [5.41, 5.74) is 2.87. The Bertz CT molecular complexity index is 552. The van der Waals surface area contributed by atoms with E-state index in [0.29, 0.717) is 6.42 Å². The van der Waals surface area contributed by atoms with Gasteiger partial charge in [-0.1, -0.05) is 25.1 Å². The summed E-state index contributed by atoms with van der Waals surface area (Å²) < 4.78 is 0. The molecule has 0 aliphatic carbocycles. The lowest BCUT2D eigenvalue weighted by Crippen LogP contribution is -1.98. The fraction of sp³-hybridized carbons (Fsp3) is 0.333. The van der Waals surface area contributed by atoms with Gasteiger partial charge in [-0.3, -0.25) is 0 Å². The molecule has 0 saturated carbocycles. The molecule has 2 rings (SSSR count). The standard InChI is InChI=1S/C15H18N2OS/c1-4-13(18)12-7-5-6-8-14(12)19-15-16-10(2)9-11(3)17-15/h5-9,13,18H,4H2,1-3H3. The van der Waals surface area contributed by atoms with E-state index in [-0.39, 0.29) is 0 Å². The van der Waals surface area contributed by atoms with Gasteiger partial charge in [0.15, 0.2) is 5.16 Å². The highest BCUT2D eigenvalue weighted by molar-refractivity contribution is 7.99. The van der Waals surface area contributed by atoms with Crippen molar-refractivity contribution < 1.29 is 5.11 Å². The van der Waals surface area contributed by atoms with Gasteiger partial charge in [0.1, 0.15) is 0 Å². The van der Waals surface area contributed by atoms with Crippen molar-refractivity contribution in [2.45, 2.75) is 43.3 Å². The zero-order valence-corrected chi connectivity index (χ0v) is 12.2. The molecular weight excluding hydrogens is 256 g/mol. The van der Waals surface area contributed by atoms with Gasteiger partial charge >= 0.3 is 0 Å². The van der Waals surface area contributed by atoms with Gasteiger partial charge in [0, 0.05) is 16.3 Å². The van der Waals surface area contributed by atoms with Gasteiger partial charge in [-0.25, -0.2) is 9.97 Å². The number of aliphatic hydroxyl groups excluding tert-OH is 1. The average molecular weight is 274 g/mol. The van der Waals surface area contributed by atoms with Crippen LogP contribution in [0.25, 0.3) is 0 Å². The van der Waals surface area contributed by atoms with Crippen LogP contribution in [0.5, 0.6) is 0 Å². The third-order valence-electron chi connectivity index (χ3n) is 2.83. The molecule has 0 radical (unpaired) electrons. The lowest BCUT2D eigenvalue weighted by molar-refractivity contribution is 0.171. The van der Waals surface area contributed by atoms with E-state index in [4.69, 9.17) is 0 Å². The summed E-state index contributed by atoms with van der Waals surface area (Å²) in [4.78, 5) is 9.87. The Morgan fingerprint density at radius 2 is 1.79 bits per heavy atom. The van der Waals surface area contributed by atoms with Gasteiger partial charge in [0.2, 0.25) is 0 Å². The highest BCUT2D eigenvalue weighted by Gasteiger charge is 2.12. The van der Waals surface area contributed by atoms with E-state index >= 15 is 0 Å². The molecular formula is C15H18N2OS. The Balaban J connectivity index is 2.32. The zero-order valence-electron chi connectivity index (χ0n) is 11.4. The molecule has 19 heavy (non-hydrogen) atoms. The quantitative estimate of drug-likeness (QED) is 0.864. The smallest absolute Gasteiger partial charge is 0.192 e. The van der Waals surface area contributed by atoms with E-state index in [0.717, 1.165) is 27.0 Å². The van der Waals surface area contributed by atoms with E-state index in [1.54, 1.807) is 0 Å². The molecule has 1 aromatic heterocycles. The van der Waals surface area contributed by atoms with Crippen molar-refractivity contribution in [3.63, 3.8) is 0 Å². The summed E-state index contributed by atoms with van der Waals surface area (Å²) in [5.74, 6) is 0. The molecule has 1 unspecified atom stereocenters. The van der Waals surface area contributed by atoms with E-state index in [2.05, 4.69) is 9.97 Å². The fourth-order valence-electron chi connectivity index (χ4n) is 1.91. The Kier molecular flexibility index (Phi) is 4.56. The maximum atomic E-state index is 10.0. The number of aliphatic hydroxyl groups is 1. The molecule has 1 atom stereocenters. The Hall–Kier alpha value is -1.39. The van der Waals surface area contributed by atoms with E-state index in [9.17, 15) is 5.11 Å². The molecule has 0 fully saturated rings. The summed E-state index contributed by atoms with van der Waals surface area (Å²) in [5, 5.41) is 10.8. The first-order chi connectivity index (χ1) is 9.10. The van der Waals surface area contributed by atoms with E-state index in [1.807, 2.05) is 51.1 Å². The molecule has 3 nitrogen and oxygen atoms in total. The molecule has 0 spiro atoms. The molecule has 1 heterocycles. The van der Waals surface area contributed by atoms with Crippen LogP contribution >= 0.6 is 11.8 Å². The summed E-state index contributed by atoms with van der Waals surface area (Å²) >= 11 is 1.50. The van der Waals surface area contributed by atoms with Crippen LogP contribution in [0.3, 0.4) is 0 Å². The van der Waals surface area contributed by atoms with Crippen LogP contribution in [0.15, 0.2) is 40.4 Å². The van der Waals surface area contributed by atoms with Crippen LogP contribution in [-0.4, -0.2) is 15.1 Å². The molecule has 0 aliphatic rings. The Morgan fingerprint density at radius 3 is 2.42 bits per heavy atom. The maximum Gasteiger partial charge on any atom is 0.192 e. The zero-order chi connectivity index (χ0) is 13.8. The second-order valence-electron chi connectivity index (χ2n) is 4.50. The van der Waals surface area contributed by atoms with Crippen molar-refractivity contribution in [1.29, 1.82) is 0 Å². The molecule has 0 bridgehead atoms. The van der Waals surface area contributed by atoms with Crippen molar-refractivity contribution in [3.8, 4) is 0 Å². The highest BCUT2D eigenvalue weighted by atomic mass is 32.2. The lowest BCUT2D eigenvalue weighted by atomic mass is 10.1. The average Bonchev–Trinajstić information content (AvgIpc) is 2.37. The third-order valence-corrected chi connectivity index (χ3v) is 3.78. The van der Waals surface area contributed by atoms with Crippen LogP contribution in [-0.2, 0) is 0 Å². The summed E-state index contributed by atoms with van der Waals surface area (Å²) in [6, 6.07) is 9.83. The topological polar surface area (TPSA) is 46.0 Å². The van der Waals surface area contributed by atoms with Crippen molar-refractivity contribution in [2.75, 3.05) is 0 Å². The fourth-order valence-corrected chi connectivity index (χ4v) is 2.95. The number of benzene rings is 1. The van der Waals surface area contributed by atoms with Gasteiger partial charge in [0.05, 0.1) is 6.10 Å². The Labute approximate surface area is 118 Å². The largest absolute Gasteiger partial charge is 0.388 e. The van der Waals surface area contributed by atoms with Gasteiger partial charge in [-0.15, -0.1) is 0 Å². The maximum absolute atomic E-state index is 10.0. The molecule has 0 aliphatic heterocycles. The van der Waals surface area contributed by atoms with Crippen molar-refractivity contribution >= 4 is 11.8 Å². The predicted molar refractivity (Wildman–Crippen MR) is 77.3 cm³/mol. The molecule has 0 saturated heterocycles. The Morgan fingerprint density at radius 1 is 1.16 bits per heavy atom. The number of hydrogen-bond acceptors (Lipinski definition) is 4. The number of nitrogens with zero attached hydrogens (tertiary/aromatic N) is 2. The summed E-state index contributed by atoms with van der Waals surface area (Å²) in [7, 11) is 0. The minimum Gasteiger partial charge on any atom is -0.388 e. The SMILES string of the molecule is CCC(O)c1ccccc1Sc1nc(C)cc(C)n1. The second kappa shape index (κ2) is 6.17. The molecule has 1 N–H and O–H groups in total. The highest BCUT2D eigenvalue weighted by Crippen LogP contribution is 2.32. The molecule has 0 amide bonds. The second-order valence-corrected chi connectivity index (χ2v) is 5.51. The monoisotopic (exact) mass is 274 g/mol. The van der Waals surface area contributed by atoms with Gasteiger partial charge in [0.25, 0.3) is 0 Å². The van der Waals surface area contributed by atoms with Crippen LogP contribution in [0.1, 0.15) is 36.4 Å². The van der Waals surface area contributed by atoms with Crippen molar-refractivity contribution in [3.05, 3.63) is 47.3 Å². The van der Waals surface area contributed by atoms with Gasteiger partial charge in [-0.05, 0) is 49.7 Å². The number of rotatable bonds is 4. The number of aromatic nitrogens is 2. The third kappa shape index (κ3) is 3.55. The van der Waals surface area contributed by atoms with Crippen LogP contribution in [0.4, 0.5) is 0 Å². The van der Waals surface area contributed by atoms with Gasteiger partial charge < -0.3 is 5.11 Å². The molecule has 2 aromatic rings. The first-order valence-corrected chi connectivity index (χ1v) is 7.19. The van der Waals surface area contributed by atoms with Crippen molar-refractivity contribution in [1.82, 2.24) is 9.97 Å². The normalized spacial score (nSPS) is 12.4. The van der Waals surface area contributed by atoms with Gasteiger partial charge in [-0.2, -0.15) is 0 Å². The first kappa shape index (κ1) is 14.0. The van der Waals surface area contributed by atoms with E-state index < -0.39 is 6.10 Å². The van der Waals surface area contributed by atoms with E-state index in [1.165, 1.54) is 11.8 Å². The van der Waals surface area contributed by atoms with Crippen LogP contribution in [0, 0.1) is 13.8 Å². The first-order valence-electron chi connectivity index (χ1n) is 6.37.